The lowest BCUT2D eigenvalue weighted by Crippen LogP contribution is -2.30. The maximum Gasteiger partial charge on any atom is 0.224 e. The molecule has 3 rings (SSSR count). The van der Waals surface area contributed by atoms with Crippen LogP contribution in [0.3, 0.4) is 0 Å². The molecule has 2 N–H and O–H groups in total. The maximum atomic E-state index is 12.3. The van der Waals surface area contributed by atoms with E-state index in [1.54, 1.807) is 0 Å². The summed E-state index contributed by atoms with van der Waals surface area (Å²) in [6, 6.07) is 5.82. The van der Waals surface area contributed by atoms with Gasteiger partial charge in [0.1, 0.15) is 0 Å². The van der Waals surface area contributed by atoms with E-state index in [2.05, 4.69) is 15.5 Å². The fourth-order valence-corrected chi connectivity index (χ4v) is 3.70. The Bertz CT molecular complexity index is 544. The number of hydrogen-bond acceptors (Lipinski definition) is 3. The Kier molecular flexibility index (Phi) is 9.95. The van der Waals surface area contributed by atoms with Crippen molar-refractivity contribution < 1.29 is 4.79 Å². The van der Waals surface area contributed by atoms with Gasteiger partial charge in [-0.25, -0.2) is 0 Å². The Balaban J connectivity index is 0.00000156. The van der Waals surface area contributed by atoms with Crippen LogP contribution in [-0.2, 0) is 4.79 Å². The lowest BCUT2D eigenvalue weighted by Gasteiger charge is -2.30. The minimum Gasteiger partial charge on any atom is -0.370 e. The van der Waals surface area contributed by atoms with E-state index in [0.717, 1.165) is 44.0 Å². The highest BCUT2D eigenvalue weighted by Gasteiger charge is 2.18. The number of halogens is 3. The minimum atomic E-state index is 0. The quantitative estimate of drug-likeness (QED) is 0.754. The summed E-state index contributed by atoms with van der Waals surface area (Å²) in [4.78, 5) is 14.7. The summed E-state index contributed by atoms with van der Waals surface area (Å²) >= 11 is 6.14. The molecule has 1 aromatic carbocycles. The summed E-state index contributed by atoms with van der Waals surface area (Å²) in [6.07, 6.45) is 6.44. The lowest BCUT2D eigenvalue weighted by atomic mass is 10.0. The fraction of sp³-hybridized carbons (Fsp3) is 0.611. The van der Waals surface area contributed by atoms with Gasteiger partial charge in [-0.05, 0) is 69.3 Å². The molecule has 142 valence electrons. The van der Waals surface area contributed by atoms with Crippen molar-refractivity contribution in [1.29, 1.82) is 0 Å². The van der Waals surface area contributed by atoms with Crippen LogP contribution in [0.5, 0.6) is 0 Å². The first kappa shape index (κ1) is 22.4. The van der Waals surface area contributed by atoms with E-state index >= 15 is 0 Å². The standard InChI is InChI=1S/C18H26ClN3O.2ClH/c19-15-5-6-17(22-10-2-1-3-11-22)16(12-15)21-18(23)7-4-14-8-9-20-13-14;;/h5-6,12,14,20H,1-4,7-11,13H2,(H,21,23);2*1H. The molecule has 2 heterocycles. The van der Waals surface area contributed by atoms with Crippen molar-refractivity contribution in [3.63, 3.8) is 0 Å². The van der Waals surface area contributed by atoms with Gasteiger partial charge < -0.3 is 15.5 Å². The zero-order chi connectivity index (χ0) is 16.1. The Labute approximate surface area is 167 Å². The van der Waals surface area contributed by atoms with Crippen LogP contribution in [0.1, 0.15) is 38.5 Å². The van der Waals surface area contributed by atoms with Gasteiger partial charge >= 0.3 is 0 Å². The second kappa shape index (κ2) is 11.1. The number of carbonyl (C=O) groups is 1. The summed E-state index contributed by atoms with van der Waals surface area (Å²) in [6.45, 7) is 4.24. The first-order valence-corrected chi connectivity index (χ1v) is 9.15. The van der Waals surface area contributed by atoms with Gasteiger partial charge in [0.15, 0.2) is 0 Å². The first-order chi connectivity index (χ1) is 11.2. The predicted octanol–water partition coefficient (Wildman–Crippen LogP) is 4.50. The Morgan fingerprint density at radius 2 is 2.00 bits per heavy atom. The molecule has 2 fully saturated rings. The van der Waals surface area contributed by atoms with Crippen molar-refractivity contribution in [2.24, 2.45) is 5.92 Å². The summed E-state index contributed by atoms with van der Waals surface area (Å²) in [5.41, 5.74) is 1.96. The summed E-state index contributed by atoms with van der Waals surface area (Å²) in [5.74, 6) is 0.735. The van der Waals surface area contributed by atoms with Gasteiger partial charge in [-0.1, -0.05) is 11.6 Å². The van der Waals surface area contributed by atoms with Crippen molar-refractivity contribution >= 4 is 53.7 Å². The topological polar surface area (TPSA) is 44.4 Å². The molecule has 1 atom stereocenters. The maximum absolute atomic E-state index is 12.3. The average molecular weight is 409 g/mol. The number of anilines is 2. The van der Waals surface area contributed by atoms with Crippen molar-refractivity contribution in [3.8, 4) is 0 Å². The molecular formula is C18H28Cl3N3O. The van der Waals surface area contributed by atoms with Gasteiger partial charge in [0, 0.05) is 24.5 Å². The fourth-order valence-electron chi connectivity index (χ4n) is 3.53. The Hall–Kier alpha value is -0.680. The molecule has 0 bridgehead atoms. The van der Waals surface area contributed by atoms with Crippen LogP contribution >= 0.6 is 36.4 Å². The number of amides is 1. The second-order valence-corrected chi connectivity index (χ2v) is 7.09. The van der Waals surface area contributed by atoms with Crippen LogP contribution in [0.25, 0.3) is 0 Å². The number of nitrogens with zero attached hydrogens (tertiary/aromatic N) is 1. The zero-order valence-corrected chi connectivity index (χ0v) is 16.8. The number of piperidine rings is 1. The number of benzene rings is 1. The highest BCUT2D eigenvalue weighted by Crippen LogP contribution is 2.31. The van der Waals surface area contributed by atoms with E-state index in [9.17, 15) is 4.79 Å². The Morgan fingerprint density at radius 1 is 1.24 bits per heavy atom. The van der Waals surface area contributed by atoms with Gasteiger partial charge in [0.2, 0.25) is 5.91 Å². The van der Waals surface area contributed by atoms with Crippen LogP contribution in [0, 0.1) is 5.92 Å². The summed E-state index contributed by atoms with van der Waals surface area (Å²) in [7, 11) is 0. The van der Waals surface area contributed by atoms with Crippen molar-refractivity contribution in [3.05, 3.63) is 23.2 Å². The van der Waals surface area contributed by atoms with Crippen molar-refractivity contribution in [2.75, 3.05) is 36.4 Å². The molecule has 0 saturated carbocycles. The molecule has 0 radical (unpaired) electrons. The normalized spacial score (nSPS) is 19.7. The van der Waals surface area contributed by atoms with E-state index in [0.29, 0.717) is 17.4 Å². The van der Waals surface area contributed by atoms with Crippen LogP contribution < -0.4 is 15.5 Å². The van der Waals surface area contributed by atoms with Crippen LogP contribution in [-0.4, -0.2) is 32.1 Å². The SMILES string of the molecule is Cl.Cl.O=C(CCC1CCNC1)Nc1cc(Cl)ccc1N1CCCCC1. The summed E-state index contributed by atoms with van der Waals surface area (Å²) < 4.78 is 0. The largest absolute Gasteiger partial charge is 0.370 e. The lowest BCUT2D eigenvalue weighted by molar-refractivity contribution is -0.116. The minimum absolute atomic E-state index is 0. The van der Waals surface area contributed by atoms with E-state index in [1.165, 1.54) is 25.7 Å². The van der Waals surface area contributed by atoms with Gasteiger partial charge in [-0.2, -0.15) is 0 Å². The van der Waals surface area contributed by atoms with E-state index in [1.807, 2.05) is 18.2 Å². The van der Waals surface area contributed by atoms with Gasteiger partial charge in [0.25, 0.3) is 0 Å². The highest BCUT2D eigenvalue weighted by molar-refractivity contribution is 6.31. The summed E-state index contributed by atoms with van der Waals surface area (Å²) in [5, 5.41) is 7.10. The Morgan fingerprint density at radius 3 is 2.68 bits per heavy atom. The molecule has 2 aliphatic heterocycles. The number of carbonyl (C=O) groups excluding carboxylic acids is 1. The van der Waals surface area contributed by atoms with Gasteiger partial charge in [-0.3, -0.25) is 4.79 Å². The van der Waals surface area contributed by atoms with E-state index in [-0.39, 0.29) is 30.7 Å². The first-order valence-electron chi connectivity index (χ1n) is 8.77. The third-order valence-electron chi connectivity index (χ3n) is 4.87. The smallest absolute Gasteiger partial charge is 0.224 e. The van der Waals surface area contributed by atoms with Crippen molar-refractivity contribution in [2.45, 2.75) is 38.5 Å². The van der Waals surface area contributed by atoms with E-state index < -0.39 is 0 Å². The number of nitrogens with one attached hydrogen (secondary N) is 2. The van der Waals surface area contributed by atoms with Gasteiger partial charge in [0.05, 0.1) is 11.4 Å². The average Bonchev–Trinajstić information content (AvgIpc) is 3.07. The van der Waals surface area contributed by atoms with Gasteiger partial charge in [-0.15, -0.1) is 24.8 Å². The van der Waals surface area contributed by atoms with E-state index in [4.69, 9.17) is 11.6 Å². The molecule has 7 heteroatoms. The molecule has 1 amide bonds. The van der Waals surface area contributed by atoms with Crippen LogP contribution in [0.2, 0.25) is 5.02 Å². The third-order valence-corrected chi connectivity index (χ3v) is 5.11. The molecule has 1 aromatic rings. The third kappa shape index (κ3) is 6.52. The molecule has 25 heavy (non-hydrogen) atoms. The zero-order valence-electron chi connectivity index (χ0n) is 14.4. The molecule has 4 nitrogen and oxygen atoms in total. The molecular weight excluding hydrogens is 381 g/mol. The number of hydrogen-bond donors (Lipinski definition) is 2. The second-order valence-electron chi connectivity index (χ2n) is 6.65. The molecule has 2 saturated heterocycles. The molecule has 2 aliphatic rings. The predicted molar refractivity (Wildman–Crippen MR) is 111 cm³/mol. The molecule has 0 aromatic heterocycles. The monoisotopic (exact) mass is 407 g/mol. The molecule has 0 aliphatic carbocycles. The molecule has 1 unspecified atom stereocenters. The van der Waals surface area contributed by atoms with Crippen LogP contribution in [0.4, 0.5) is 11.4 Å². The number of rotatable bonds is 5. The molecule has 0 spiro atoms. The highest BCUT2D eigenvalue weighted by atomic mass is 35.5. The van der Waals surface area contributed by atoms with Crippen molar-refractivity contribution in [1.82, 2.24) is 5.32 Å². The van der Waals surface area contributed by atoms with Crippen LogP contribution in [0.15, 0.2) is 18.2 Å².